The summed E-state index contributed by atoms with van der Waals surface area (Å²) in [6, 6.07) is 18.1. The fourth-order valence-electron chi connectivity index (χ4n) is 3.95. The van der Waals surface area contributed by atoms with Gasteiger partial charge in [-0.15, -0.1) is 0 Å². The van der Waals surface area contributed by atoms with Gasteiger partial charge >= 0.3 is 0 Å². The Hall–Kier alpha value is -2.98. The van der Waals surface area contributed by atoms with E-state index in [1.807, 2.05) is 44.2 Å². The van der Waals surface area contributed by atoms with Crippen LogP contribution in [0.5, 0.6) is 5.75 Å². The molecule has 0 bridgehead atoms. The molecule has 1 heterocycles. The minimum atomic E-state index is -0.641. The second-order valence-corrected chi connectivity index (χ2v) is 7.99. The van der Waals surface area contributed by atoms with Crippen LogP contribution in [0.2, 0.25) is 5.02 Å². The van der Waals surface area contributed by atoms with Gasteiger partial charge in [-0.2, -0.15) is 0 Å². The molecule has 1 N–H and O–H groups in total. The van der Waals surface area contributed by atoms with Crippen molar-refractivity contribution in [3.05, 3.63) is 70.7 Å². The topological polar surface area (TPSA) is 43.3 Å². The van der Waals surface area contributed by atoms with E-state index in [1.54, 1.807) is 6.92 Å². The molecule has 0 aliphatic heterocycles. The van der Waals surface area contributed by atoms with Crippen LogP contribution >= 0.6 is 11.6 Å². The highest BCUT2D eigenvalue weighted by atomic mass is 35.5. The highest BCUT2D eigenvalue weighted by Gasteiger charge is 2.17. The summed E-state index contributed by atoms with van der Waals surface area (Å²) in [5.41, 5.74) is 4.97. The summed E-state index contributed by atoms with van der Waals surface area (Å²) in [6.07, 6.45) is -0.641. The number of fused-ring (bicyclic) bond motifs is 3. The summed E-state index contributed by atoms with van der Waals surface area (Å²) in [7, 11) is 0. The second-order valence-electron chi connectivity index (χ2n) is 7.61. The van der Waals surface area contributed by atoms with Crippen LogP contribution in [0.4, 0.5) is 5.69 Å². The van der Waals surface area contributed by atoms with Crippen molar-refractivity contribution in [3.63, 3.8) is 0 Å². The number of amides is 1. The molecule has 0 saturated carbocycles. The molecular formula is C25H25ClN2O2. The summed E-state index contributed by atoms with van der Waals surface area (Å²) in [6.45, 7) is 8.63. The first-order chi connectivity index (χ1) is 14.4. The smallest absolute Gasteiger partial charge is 0.265 e. The third-order valence-electron chi connectivity index (χ3n) is 5.45. The normalized spacial score (nSPS) is 12.3. The molecule has 0 fully saturated rings. The third-order valence-corrected chi connectivity index (χ3v) is 6.04. The molecule has 1 amide bonds. The molecule has 0 saturated heterocycles. The van der Waals surface area contributed by atoms with Crippen LogP contribution < -0.4 is 10.1 Å². The van der Waals surface area contributed by atoms with Crippen LogP contribution in [-0.4, -0.2) is 16.6 Å². The van der Waals surface area contributed by atoms with Crippen molar-refractivity contribution in [3.8, 4) is 5.75 Å². The molecule has 4 rings (SSSR count). The van der Waals surface area contributed by atoms with E-state index < -0.39 is 6.10 Å². The van der Waals surface area contributed by atoms with Gasteiger partial charge in [0.15, 0.2) is 6.10 Å². The second kappa shape index (κ2) is 8.04. The average Bonchev–Trinajstić information content (AvgIpc) is 3.05. The Labute approximate surface area is 181 Å². The number of nitrogens with one attached hydrogen (secondary N) is 1. The Balaban J connectivity index is 1.58. The maximum atomic E-state index is 12.7. The molecule has 1 aromatic heterocycles. The Morgan fingerprint density at radius 2 is 1.70 bits per heavy atom. The van der Waals surface area contributed by atoms with Crippen molar-refractivity contribution >= 4 is 45.0 Å². The van der Waals surface area contributed by atoms with Gasteiger partial charge < -0.3 is 14.6 Å². The molecule has 0 aliphatic rings. The number of ether oxygens (including phenoxy) is 1. The predicted molar refractivity (Wildman–Crippen MR) is 125 cm³/mol. The summed E-state index contributed by atoms with van der Waals surface area (Å²) >= 11 is 6.22. The first-order valence-corrected chi connectivity index (χ1v) is 10.5. The largest absolute Gasteiger partial charge is 0.481 e. The molecule has 0 aliphatic carbocycles. The Morgan fingerprint density at radius 1 is 1.03 bits per heavy atom. The van der Waals surface area contributed by atoms with E-state index in [-0.39, 0.29) is 5.91 Å². The zero-order chi connectivity index (χ0) is 21.4. The summed E-state index contributed by atoms with van der Waals surface area (Å²) < 4.78 is 8.15. The molecule has 4 aromatic rings. The van der Waals surface area contributed by atoms with Crippen molar-refractivity contribution < 1.29 is 9.53 Å². The number of para-hydroxylation sites is 1. The highest BCUT2D eigenvalue weighted by Crippen LogP contribution is 2.31. The number of anilines is 1. The van der Waals surface area contributed by atoms with E-state index in [2.05, 4.69) is 41.1 Å². The number of benzene rings is 3. The highest BCUT2D eigenvalue weighted by molar-refractivity contribution is 6.32. The molecule has 0 spiro atoms. The first kappa shape index (κ1) is 20.3. The number of carbonyl (C=O) groups excluding carboxylic acids is 1. The average molecular weight is 421 g/mol. The van der Waals surface area contributed by atoms with E-state index in [9.17, 15) is 4.79 Å². The van der Waals surface area contributed by atoms with Gasteiger partial charge in [0.05, 0.1) is 0 Å². The van der Waals surface area contributed by atoms with Gasteiger partial charge in [-0.1, -0.05) is 29.8 Å². The van der Waals surface area contributed by atoms with Gasteiger partial charge in [-0.05, 0) is 75.2 Å². The molecule has 30 heavy (non-hydrogen) atoms. The Bertz CT molecular complexity index is 1240. The predicted octanol–water partition coefficient (Wildman–Crippen LogP) is 6.49. The van der Waals surface area contributed by atoms with E-state index in [1.165, 1.54) is 10.9 Å². The number of nitrogens with zero attached hydrogens (tertiary/aromatic N) is 1. The summed E-state index contributed by atoms with van der Waals surface area (Å²) in [4.78, 5) is 12.7. The number of rotatable bonds is 5. The molecule has 0 radical (unpaired) electrons. The lowest BCUT2D eigenvalue weighted by Crippen LogP contribution is -2.30. The fraction of sp³-hybridized carbons (Fsp3) is 0.240. The monoisotopic (exact) mass is 420 g/mol. The zero-order valence-corrected chi connectivity index (χ0v) is 18.4. The molecule has 154 valence electrons. The van der Waals surface area contributed by atoms with Crippen LogP contribution in [0, 0.1) is 13.8 Å². The van der Waals surface area contributed by atoms with E-state index in [4.69, 9.17) is 16.3 Å². The Morgan fingerprint density at radius 3 is 2.40 bits per heavy atom. The van der Waals surface area contributed by atoms with E-state index in [0.29, 0.717) is 5.75 Å². The maximum Gasteiger partial charge on any atom is 0.265 e. The number of aromatic nitrogens is 1. The standard InChI is InChI=1S/C25H25ClN2O2/c1-5-28-22-9-7-6-8-20(22)21-14-18(10-11-23(21)28)27-25(29)17(4)30-19-12-15(2)24(26)16(3)13-19/h6-14,17H,5H2,1-4H3,(H,27,29)/t17-/m0/s1. The summed E-state index contributed by atoms with van der Waals surface area (Å²) in [5.74, 6) is 0.442. The number of carbonyl (C=O) groups is 1. The quantitative estimate of drug-likeness (QED) is 0.401. The summed E-state index contributed by atoms with van der Waals surface area (Å²) in [5, 5.41) is 6.02. The van der Waals surface area contributed by atoms with Crippen molar-refractivity contribution in [2.45, 2.75) is 40.3 Å². The molecular weight excluding hydrogens is 396 g/mol. The van der Waals surface area contributed by atoms with Gasteiger partial charge in [-0.25, -0.2) is 0 Å². The molecule has 5 heteroatoms. The van der Waals surface area contributed by atoms with Crippen LogP contribution in [-0.2, 0) is 11.3 Å². The molecule has 1 atom stereocenters. The first-order valence-electron chi connectivity index (χ1n) is 10.1. The zero-order valence-electron chi connectivity index (χ0n) is 17.6. The van der Waals surface area contributed by atoms with Crippen molar-refractivity contribution in [2.75, 3.05) is 5.32 Å². The fourth-order valence-corrected chi connectivity index (χ4v) is 4.06. The van der Waals surface area contributed by atoms with Crippen molar-refractivity contribution in [2.24, 2.45) is 0 Å². The van der Waals surface area contributed by atoms with Crippen LogP contribution in [0.3, 0.4) is 0 Å². The Kier molecular flexibility index (Phi) is 5.44. The van der Waals surface area contributed by atoms with Crippen molar-refractivity contribution in [1.82, 2.24) is 4.57 Å². The van der Waals surface area contributed by atoms with Crippen LogP contribution in [0.25, 0.3) is 21.8 Å². The maximum absolute atomic E-state index is 12.7. The minimum absolute atomic E-state index is 0.196. The SMILES string of the molecule is CCn1c2ccccc2c2cc(NC(=O)[C@H](C)Oc3cc(C)c(Cl)c(C)c3)ccc21. The van der Waals surface area contributed by atoms with Crippen LogP contribution in [0.15, 0.2) is 54.6 Å². The number of hydrogen-bond donors (Lipinski definition) is 1. The van der Waals surface area contributed by atoms with Crippen LogP contribution in [0.1, 0.15) is 25.0 Å². The number of hydrogen-bond acceptors (Lipinski definition) is 2. The lowest BCUT2D eigenvalue weighted by molar-refractivity contribution is -0.122. The lowest BCUT2D eigenvalue weighted by atomic mass is 10.1. The lowest BCUT2D eigenvalue weighted by Gasteiger charge is -2.16. The van der Waals surface area contributed by atoms with Gasteiger partial charge in [-0.3, -0.25) is 4.79 Å². The minimum Gasteiger partial charge on any atom is -0.481 e. The van der Waals surface area contributed by atoms with Gasteiger partial charge in [0.2, 0.25) is 0 Å². The molecule has 3 aromatic carbocycles. The van der Waals surface area contributed by atoms with Gasteiger partial charge in [0, 0.05) is 39.1 Å². The van der Waals surface area contributed by atoms with Crippen molar-refractivity contribution in [1.29, 1.82) is 0 Å². The van der Waals surface area contributed by atoms with Gasteiger partial charge in [0.1, 0.15) is 5.75 Å². The number of halogens is 1. The third kappa shape index (κ3) is 3.63. The van der Waals surface area contributed by atoms with E-state index >= 15 is 0 Å². The number of aryl methyl sites for hydroxylation is 3. The molecule has 0 unspecified atom stereocenters. The van der Waals surface area contributed by atoms with Gasteiger partial charge in [0.25, 0.3) is 5.91 Å². The molecule has 4 nitrogen and oxygen atoms in total. The van der Waals surface area contributed by atoms with E-state index in [0.717, 1.165) is 39.3 Å².